The van der Waals surface area contributed by atoms with E-state index >= 15 is 0 Å². The average molecular weight is 309 g/mol. The summed E-state index contributed by atoms with van der Waals surface area (Å²) in [6.45, 7) is 5.94. The maximum absolute atomic E-state index is 11.5. The molecule has 3 amide bonds. The fraction of sp³-hybridized carbons (Fsp3) is 0.800. The SMILES string of the molecule is CCNC(=NCCN1C(=O)CNC1=O)NC1CCCC(C)C1. The Hall–Kier alpha value is -1.79. The molecule has 2 rings (SSSR count). The first kappa shape index (κ1) is 16.6. The van der Waals surface area contributed by atoms with Crippen molar-refractivity contribution in [2.24, 2.45) is 10.9 Å². The largest absolute Gasteiger partial charge is 0.357 e. The van der Waals surface area contributed by atoms with Gasteiger partial charge in [0.2, 0.25) is 5.91 Å². The van der Waals surface area contributed by atoms with Gasteiger partial charge in [0.05, 0.1) is 19.6 Å². The van der Waals surface area contributed by atoms with Gasteiger partial charge in [-0.3, -0.25) is 14.7 Å². The Kier molecular flexibility index (Phi) is 6.03. The van der Waals surface area contributed by atoms with Crippen LogP contribution in [0.1, 0.15) is 39.5 Å². The van der Waals surface area contributed by atoms with Gasteiger partial charge in [-0.15, -0.1) is 0 Å². The van der Waals surface area contributed by atoms with Crippen molar-refractivity contribution >= 4 is 17.9 Å². The van der Waals surface area contributed by atoms with E-state index in [1.165, 1.54) is 24.2 Å². The van der Waals surface area contributed by atoms with E-state index in [0.717, 1.165) is 24.8 Å². The Morgan fingerprint density at radius 2 is 2.23 bits per heavy atom. The highest BCUT2D eigenvalue weighted by Crippen LogP contribution is 2.23. The molecule has 2 atom stereocenters. The van der Waals surface area contributed by atoms with Crippen molar-refractivity contribution in [3.8, 4) is 0 Å². The molecule has 1 aliphatic heterocycles. The minimum Gasteiger partial charge on any atom is -0.357 e. The Morgan fingerprint density at radius 3 is 2.86 bits per heavy atom. The van der Waals surface area contributed by atoms with Gasteiger partial charge < -0.3 is 16.0 Å². The fourth-order valence-electron chi connectivity index (χ4n) is 3.02. The van der Waals surface area contributed by atoms with Crippen LogP contribution < -0.4 is 16.0 Å². The van der Waals surface area contributed by atoms with Crippen molar-refractivity contribution in [3.63, 3.8) is 0 Å². The van der Waals surface area contributed by atoms with E-state index in [0.29, 0.717) is 19.1 Å². The van der Waals surface area contributed by atoms with Crippen LogP contribution in [0.5, 0.6) is 0 Å². The molecule has 7 heteroatoms. The van der Waals surface area contributed by atoms with Crippen LogP contribution in [0.15, 0.2) is 4.99 Å². The van der Waals surface area contributed by atoms with Crippen molar-refractivity contribution < 1.29 is 9.59 Å². The number of carbonyl (C=O) groups is 2. The first-order valence-corrected chi connectivity index (χ1v) is 8.23. The normalized spacial score (nSPS) is 26.1. The zero-order valence-corrected chi connectivity index (χ0v) is 13.5. The van der Waals surface area contributed by atoms with Gasteiger partial charge in [0, 0.05) is 12.6 Å². The summed E-state index contributed by atoms with van der Waals surface area (Å²) in [5.41, 5.74) is 0. The molecule has 0 bridgehead atoms. The Morgan fingerprint density at radius 1 is 1.41 bits per heavy atom. The zero-order valence-electron chi connectivity index (χ0n) is 13.5. The third kappa shape index (κ3) is 4.61. The lowest BCUT2D eigenvalue weighted by Crippen LogP contribution is -2.45. The molecule has 0 radical (unpaired) electrons. The van der Waals surface area contributed by atoms with Gasteiger partial charge in [-0.25, -0.2) is 4.79 Å². The number of urea groups is 1. The maximum atomic E-state index is 11.5. The van der Waals surface area contributed by atoms with Crippen molar-refractivity contribution in [2.45, 2.75) is 45.6 Å². The van der Waals surface area contributed by atoms with Crippen LogP contribution in [0.4, 0.5) is 4.79 Å². The highest BCUT2D eigenvalue weighted by molar-refractivity contribution is 6.01. The van der Waals surface area contributed by atoms with Crippen LogP contribution in [0.2, 0.25) is 0 Å². The van der Waals surface area contributed by atoms with Gasteiger partial charge in [-0.05, 0) is 25.7 Å². The Balaban J connectivity index is 1.84. The number of guanidine groups is 1. The van der Waals surface area contributed by atoms with Gasteiger partial charge in [0.25, 0.3) is 0 Å². The molecule has 22 heavy (non-hydrogen) atoms. The number of amides is 3. The molecule has 0 aromatic rings. The van der Waals surface area contributed by atoms with Crippen LogP contribution in [-0.2, 0) is 4.79 Å². The lowest BCUT2D eigenvalue weighted by Gasteiger charge is -2.28. The fourth-order valence-corrected chi connectivity index (χ4v) is 3.02. The van der Waals surface area contributed by atoms with E-state index < -0.39 is 0 Å². The van der Waals surface area contributed by atoms with E-state index in [1.807, 2.05) is 6.92 Å². The van der Waals surface area contributed by atoms with E-state index in [-0.39, 0.29) is 18.5 Å². The van der Waals surface area contributed by atoms with Crippen molar-refractivity contribution in [1.82, 2.24) is 20.9 Å². The molecule has 0 aromatic carbocycles. The predicted molar refractivity (Wildman–Crippen MR) is 85.6 cm³/mol. The molecule has 0 spiro atoms. The van der Waals surface area contributed by atoms with Gasteiger partial charge in [-0.1, -0.05) is 19.8 Å². The van der Waals surface area contributed by atoms with E-state index in [4.69, 9.17) is 0 Å². The predicted octanol–water partition coefficient (Wildman–Crippen LogP) is 0.672. The molecule has 1 aliphatic carbocycles. The number of carbonyl (C=O) groups excluding carboxylic acids is 2. The molecule has 2 fully saturated rings. The number of nitrogens with zero attached hydrogens (tertiary/aromatic N) is 2. The molecular formula is C15H27N5O2. The Bertz CT molecular complexity index is 422. The minimum atomic E-state index is -0.320. The lowest BCUT2D eigenvalue weighted by molar-refractivity contribution is -0.124. The maximum Gasteiger partial charge on any atom is 0.324 e. The van der Waals surface area contributed by atoms with E-state index in [9.17, 15) is 9.59 Å². The highest BCUT2D eigenvalue weighted by Gasteiger charge is 2.27. The third-order valence-electron chi connectivity index (χ3n) is 4.15. The smallest absolute Gasteiger partial charge is 0.324 e. The van der Waals surface area contributed by atoms with Gasteiger partial charge in [-0.2, -0.15) is 0 Å². The average Bonchev–Trinajstić information content (AvgIpc) is 2.79. The topological polar surface area (TPSA) is 85.8 Å². The summed E-state index contributed by atoms with van der Waals surface area (Å²) in [6.07, 6.45) is 4.89. The number of rotatable bonds is 5. The van der Waals surface area contributed by atoms with Crippen LogP contribution >= 0.6 is 0 Å². The van der Waals surface area contributed by atoms with Crippen LogP contribution in [0.25, 0.3) is 0 Å². The molecule has 1 saturated heterocycles. The summed E-state index contributed by atoms with van der Waals surface area (Å²) < 4.78 is 0. The summed E-state index contributed by atoms with van der Waals surface area (Å²) in [5.74, 6) is 1.34. The van der Waals surface area contributed by atoms with Crippen molar-refractivity contribution in [2.75, 3.05) is 26.2 Å². The molecule has 1 saturated carbocycles. The molecule has 3 N–H and O–H groups in total. The van der Waals surface area contributed by atoms with Crippen LogP contribution in [0.3, 0.4) is 0 Å². The number of hydrogen-bond acceptors (Lipinski definition) is 3. The Labute approximate surface area is 131 Å². The first-order valence-electron chi connectivity index (χ1n) is 8.23. The molecule has 2 aliphatic rings. The van der Waals surface area contributed by atoms with Gasteiger partial charge in [0.15, 0.2) is 5.96 Å². The summed E-state index contributed by atoms with van der Waals surface area (Å²) in [4.78, 5) is 28.7. The van der Waals surface area contributed by atoms with E-state index in [1.54, 1.807) is 0 Å². The van der Waals surface area contributed by atoms with Gasteiger partial charge >= 0.3 is 6.03 Å². The molecule has 0 aromatic heterocycles. The van der Waals surface area contributed by atoms with E-state index in [2.05, 4.69) is 27.9 Å². The summed E-state index contributed by atoms with van der Waals surface area (Å²) in [6, 6.07) is 0.137. The lowest BCUT2D eigenvalue weighted by atomic mass is 9.87. The van der Waals surface area contributed by atoms with Crippen molar-refractivity contribution in [1.29, 1.82) is 0 Å². The van der Waals surface area contributed by atoms with Crippen LogP contribution in [0, 0.1) is 5.92 Å². The standard InChI is InChI=1S/C15H27N5O2/c1-3-16-14(19-12-6-4-5-11(2)9-12)17-7-8-20-13(21)10-18-15(20)22/h11-12H,3-10H2,1-2H3,(H,18,22)(H2,16,17,19). The second-order valence-electron chi connectivity index (χ2n) is 6.08. The molecule has 7 nitrogen and oxygen atoms in total. The second kappa shape index (κ2) is 8.00. The highest BCUT2D eigenvalue weighted by atomic mass is 16.2. The number of imide groups is 1. The summed E-state index contributed by atoms with van der Waals surface area (Å²) in [7, 11) is 0. The van der Waals surface area contributed by atoms with Crippen molar-refractivity contribution in [3.05, 3.63) is 0 Å². The molecule has 1 heterocycles. The first-order chi connectivity index (χ1) is 10.6. The summed E-state index contributed by atoms with van der Waals surface area (Å²) >= 11 is 0. The molecule has 2 unspecified atom stereocenters. The molecular weight excluding hydrogens is 282 g/mol. The zero-order chi connectivity index (χ0) is 15.9. The quantitative estimate of drug-likeness (QED) is 0.396. The second-order valence-corrected chi connectivity index (χ2v) is 6.08. The summed E-state index contributed by atoms with van der Waals surface area (Å²) in [5, 5.41) is 9.21. The van der Waals surface area contributed by atoms with Crippen LogP contribution in [-0.4, -0.2) is 55.0 Å². The minimum absolute atomic E-state index is 0.0980. The molecule has 124 valence electrons. The number of aliphatic imine (C=N–C) groups is 1. The monoisotopic (exact) mass is 309 g/mol. The van der Waals surface area contributed by atoms with Gasteiger partial charge in [0.1, 0.15) is 0 Å². The number of nitrogens with one attached hydrogen (secondary N) is 3. The third-order valence-corrected chi connectivity index (χ3v) is 4.15. The number of hydrogen-bond donors (Lipinski definition) is 3.